The molecular formula is C14H17N5O3S. The van der Waals surface area contributed by atoms with Gasteiger partial charge in [0.15, 0.2) is 0 Å². The molecule has 1 heterocycles. The van der Waals surface area contributed by atoms with Gasteiger partial charge in [0.1, 0.15) is 11.2 Å². The van der Waals surface area contributed by atoms with Gasteiger partial charge in [-0.25, -0.2) is 0 Å². The molecule has 2 aromatic rings. The van der Waals surface area contributed by atoms with E-state index in [1.807, 2.05) is 0 Å². The van der Waals surface area contributed by atoms with Gasteiger partial charge in [-0.15, -0.1) is 14.6 Å². The average molecular weight is 335 g/mol. The highest BCUT2D eigenvalue weighted by Crippen LogP contribution is 2.40. The summed E-state index contributed by atoms with van der Waals surface area (Å²) >= 11 is 0. The average Bonchev–Trinajstić information content (AvgIpc) is 3.23. The second kappa shape index (κ2) is 5.65. The molecule has 1 fully saturated rings. The van der Waals surface area contributed by atoms with E-state index >= 15 is 0 Å². The predicted molar refractivity (Wildman–Crippen MR) is 85.5 cm³/mol. The van der Waals surface area contributed by atoms with Crippen LogP contribution in [0.2, 0.25) is 0 Å². The quantitative estimate of drug-likeness (QED) is 0.500. The third-order valence-corrected chi connectivity index (χ3v) is 4.56. The zero-order valence-electron chi connectivity index (χ0n) is 12.8. The fourth-order valence-corrected chi connectivity index (χ4v) is 3.13. The second-order valence-electron chi connectivity index (χ2n) is 5.63. The summed E-state index contributed by atoms with van der Waals surface area (Å²) in [5.41, 5.74) is 6.34. The number of rotatable bonds is 5. The van der Waals surface area contributed by atoms with Gasteiger partial charge in [-0.2, -0.15) is 8.42 Å². The molecule has 1 aliphatic carbocycles. The van der Waals surface area contributed by atoms with Crippen molar-refractivity contribution in [1.29, 1.82) is 0 Å². The Morgan fingerprint density at radius 1 is 1.35 bits per heavy atom. The van der Waals surface area contributed by atoms with Crippen molar-refractivity contribution in [2.45, 2.75) is 23.7 Å². The largest absolute Gasteiger partial charge is 0.420 e. The summed E-state index contributed by atoms with van der Waals surface area (Å²) in [6.07, 6.45) is 3.25. The van der Waals surface area contributed by atoms with Crippen LogP contribution < -0.4 is 5.73 Å². The van der Waals surface area contributed by atoms with Gasteiger partial charge in [-0.1, -0.05) is 0 Å². The Labute approximate surface area is 134 Å². The highest BCUT2D eigenvalue weighted by Gasteiger charge is 2.30. The van der Waals surface area contributed by atoms with Crippen LogP contribution in [0.4, 0.5) is 5.69 Å². The van der Waals surface area contributed by atoms with Crippen molar-refractivity contribution < 1.29 is 12.8 Å². The summed E-state index contributed by atoms with van der Waals surface area (Å²) in [7, 11) is -0.572. The number of anilines is 1. The molecule has 0 spiro atoms. The Balaban J connectivity index is 2.07. The maximum atomic E-state index is 12.5. The lowest BCUT2D eigenvalue weighted by atomic mass is 10.2. The van der Waals surface area contributed by atoms with Crippen LogP contribution in [0.15, 0.2) is 31.9 Å². The maximum Gasteiger partial charge on any atom is 0.284 e. The van der Waals surface area contributed by atoms with Gasteiger partial charge >= 0.3 is 0 Å². The molecule has 23 heavy (non-hydrogen) atoms. The van der Waals surface area contributed by atoms with E-state index in [1.54, 1.807) is 26.2 Å². The van der Waals surface area contributed by atoms with Crippen molar-refractivity contribution in [1.82, 2.24) is 15.1 Å². The summed E-state index contributed by atoms with van der Waals surface area (Å²) in [6.45, 7) is 0. The summed E-state index contributed by atoms with van der Waals surface area (Å²) < 4.78 is 34.2. The van der Waals surface area contributed by atoms with Crippen molar-refractivity contribution in [3.8, 4) is 11.5 Å². The SMILES string of the molecule is CN(C)/C=N/S(=O)(=O)c1cc(N)ccc1-c1nnc(C2CC2)o1. The van der Waals surface area contributed by atoms with E-state index in [9.17, 15) is 8.42 Å². The maximum absolute atomic E-state index is 12.5. The van der Waals surface area contributed by atoms with E-state index in [2.05, 4.69) is 14.6 Å². The molecule has 3 rings (SSSR count). The minimum absolute atomic E-state index is 0.0541. The van der Waals surface area contributed by atoms with Crippen molar-refractivity contribution in [2.75, 3.05) is 19.8 Å². The molecular weight excluding hydrogens is 318 g/mol. The van der Waals surface area contributed by atoms with E-state index in [4.69, 9.17) is 10.2 Å². The number of nitrogens with two attached hydrogens (primary N) is 1. The highest BCUT2D eigenvalue weighted by molar-refractivity contribution is 7.90. The van der Waals surface area contributed by atoms with Crippen LogP contribution in [-0.4, -0.2) is 43.9 Å². The molecule has 2 N–H and O–H groups in total. The van der Waals surface area contributed by atoms with Crippen molar-refractivity contribution in [3.05, 3.63) is 24.1 Å². The molecule has 0 amide bonds. The van der Waals surface area contributed by atoms with E-state index in [-0.39, 0.29) is 16.7 Å². The molecule has 8 nitrogen and oxygen atoms in total. The lowest BCUT2D eigenvalue weighted by Gasteiger charge is -2.07. The third-order valence-electron chi connectivity index (χ3n) is 3.30. The zero-order valence-corrected chi connectivity index (χ0v) is 13.6. The van der Waals surface area contributed by atoms with Crippen LogP contribution in [0.1, 0.15) is 24.7 Å². The smallest absolute Gasteiger partial charge is 0.284 e. The van der Waals surface area contributed by atoms with E-state index in [1.165, 1.54) is 17.3 Å². The lowest BCUT2D eigenvalue weighted by molar-refractivity contribution is 0.507. The molecule has 0 bridgehead atoms. The number of hydrogen-bond acceptors (Lipinski definition) is 6. The first kappa shape index (κ1) is 15.5. The van der Waals surface area contributed by atoms with E-state index in [0.29, 0.717) is 17.1 Å². The van der Waals surface area contributed by atoms with Crippen molar-refractivity contribution in [3.63, 3.8) is 0 Å². The molecule has 1 aliphatic rings. The van der Waals surface area contributed by atoms with Crippen LogP contribution in [0.25, 0.3) is 11.5 Å². The fourth-order valence-electron chi connectivity index (χ4n) is 1.98. The van der Waals surface area contributed by atoms with Gasteiger partial charge in [0.25, 0.3) is 10.0 Å². The Morgan fingerprint density at radius 2 is 2.09 bits per heavy atom. The van der Waals surface area contributed by atoms with Crippen LogP contribution in [0.5, 0.6) is 0 Å². The Kier molecular flexibility index (Phi) is 3.80. The Bertz CT molecular complexity index is 853. The number of nitrogen functional groups attached to an aromatic ring is 1. The number of aromatic nitrogens is 2. The van der Waals surface area contributed by atoms with Gasteiger partial charge in [0.2, 0.25) is 11.8 Å². The summed E-state index contributed by atoms with van der Waals surface area (Å²) in [5, 5.41) is 7.95. The molecule has 0 radical (unpaired) electrons. The molecule has 9 heteroatoms. The van der Waals surface area contributed by atoms with Crippen LogP contribution in [0, 0.1) is 0 Å². The molecule has 0 atom stereocenters. The monoisotopic (exact) mass is 335 g/mol. The van der Waals surface area contributed by atoms with Crippen LogP contribution in [0.3, 0.4) is 0 Å². The summed E-state index contributed by atoms with van der Waals surface area (Å²) in [5.74, 6) is 0.986. The van der Waals surface area contributed by atoms with Crippen LogP contribution in [-0.2, 0) is 10.0 Å². The summed E-state index contributed by atoms with van der Waals surface area (Å²) in [4.78, 5) is 1.48. The molecule has 122 valence electrons. The number of benzene rings is 1. The minimum Gasteiger partial charge on any atom is -0.420 e. The first-order chi connectivity index (χ1) is 10.9. The van der Waals surface area contributed by atoms with Gasteiger partial charge in [-0.05, 0) is 31.0 Å². The molecule has 1 aromatic carbocycles. The second-order valence-corrected chi connectivity index (χ2v) is 7.24. The van der Waals surface area contributed by atoms with Gasteiger partial charge < -0.3 is 15.1 Å². The molecule has 0 aliphatic heterocycles. The third kappa shape index (κ3) is 3.34. The standard InChI is InChI=1S/C14H17N5O3S/c1-19(2)8-16-23(20,21)12-7-10(15)5-6-11(12)14-18-17-13(22-14)9-3-4-9/h5-9H,3-4,15H2,1-2H3/b16-8+. The minimum atomic E-state index is -3.93. The zero-order chi connectivity index (χ0) is 16.6. The summed E-state index contributed by atoms with van der Waals surface area (Å²) in [6, 6.07) is 4.49. The van der Waals surface area contributed by atoms with Crippen molar-refractivity contribution in [2.24, 2.45) is 4.40 Å². The van der Waals surface area contributed by atoms with Crippen molar-refractivity contribution >= 4 is 22.0 Å². The first-order valence-corrected chi connectivity index (χ1v) is 8.51. The van der Waals surface area contributed by atoms with E-state index in [0.717, 1.165) is 12.8 Å². The Morgan fingerprint density at radius 3 is 2.74 bits per heavy atom. The lowest BCUT2D eigenvalue weighted by Crippen LogP contribution is -2.10. The van der Waals surface area contributed by atoms with Crippen LogP contribution >= 0.6 is 0 Å². The fraction of sp³-hybridized carbons (Fsp3) is 0.357. The topological polar surface area (TPSA) is 115 Å². The molecule has 1 aromatic heterocycles. The molecule has 0 saturated heterocycles. The first-order valence-electron chi connectivity index (χ1n) is 7.07. The molecule has 0 unspecified atom stereocenters. The van der Waals surface area contributed by atoms with Gasteiger partial charge in [0, 0.05) is 25.7 Å². The number of nitrogens with zero attached hydrogens (tertiary/aromatic N) is 4. The number of sulfonamides is 1. The molecule has 1 saturated carbocycles. The Hall–Kier alpha value is -2.42. The number of hydrogen-bond donors (Lipinski definition) is 1. The van der Waals surface area contributed by atoms with Gasteiger partial charge in [-0.3, -0.25) is 0 Å². The normalized spacial score (nSPS) is 15.2. The predicted octanol–water partition coefficient (Wildman–Crippen LogP) is 1.47. The van der Waals surface area contributed by atoms with Gasteiger partial charge in [0.05, 0.1) is 5.56 Å². The van der Waals surface area contributed by atoms with E-state index < -0.39 is 10.0 Å². The highest BCUT2D eigenvalue weighted by atomic mass is 32.2.